The number of rotatable bonds is 1. The number of benzene rings is 1. The SMILES string of the molecule is C=C1OCc2c(cc3n(c2=O)Cc2c-3nc3cc(F)c(C)c4c3c2C(N)CC4)C1CC. The molecule has 2 N–H and O–H groups in total. The number of fused-ring (bicyclic) bond motifs is 5. The molecule has 4 heterocycles. The average molecular weight is 417 g/mol. The van der Waals surface area contributed by atoms with Gasteiger partial charge in [0.25, 0.3) is 5.56 Å². The van der Waals surface area contributed by atoms with E-state index in [4.69, 9.17) is 15.5 Å². The quantitative estimate of drug-likeness (QED) is 0.500. The van der Waals surface area contributed by atoms with Crippen LogP contribution in [0.3, 0.4) is 0 Å². The fourth-order valence-corrected chi connectivity index (χ4v) is 5.74. The van der Waals surface area contributed by atoms with Gasteiger partial charge in [0.15, 0.2) is 0 Å². The largest absolute Gasteiger partial charge is 0.493 e. The molecule has 2 atom stereocenters. The molecule has 3 aliphatic rings. The number of ether oxygens (including phenoxy) is 1. The standard InChI is InChI=1S/C25H24FN3O2/c1-4-13-12(3)31-10-17-15(13)7-21-24-16(9-29(21)25(17)30)22-19(27)6-5-14-11(2)18(26)8-20(28-24)23(14)22/h7-8,13,19H,3-6,9-10,27H2,1-2H3. The summed E-state index contributed by atoms with van der Waals surface area (Å²) < 4.78 is 22.2. The van der Waals surface area contributed by atoms with Crippen molar-refractivity contribution in [2.75, 3.05) is 0 Å². The zero-order valence-corrected chi connectivity index (χ0v) is 17.7. The molecule has 0 bridgehead atoms. The van der Waals surface area contributed by atoms with E-state index in [0.717, 1.165) is 58.3 Å². The smallest absolute Gasteiger partial charge is 0.258 e. The average Bonchev–Trinajstić information content (AvgIpc) is 3.11. The molecule has 6 heteroatoms. The van der Waals surface area contributed by atoms with Crippen LogP contribution in [-0.2, 0) is 24.3 Å². The van der Waals surface area contributed by atoms with Crippen LogP contribution in [0.2, 0.25) is 0 Å². The van der Waals surface area contributed by atoms with Gasteiger partial charge in [-0.25, -0.2) is 9.37 Å². The van der Waals surface area contributed by atoms with Crippen molar-refractivity contribution in [2.24, 2.45) is 5.73 Å². The topological polar surface area (TPSA) is 70.1 Å². The molecule has 0 fully saturated rings. The second kappa shape index (κ2) is 6.26. The summed E-state index contributed by atoms with van der Waals surface area (Å²) in [6.07, 6.45) is 2.31. The van der Waals surface area contributed by atoms with Crippen molar-refractivity contribution >= 4 is 10.9 Å². The minimum Gasteiger partial charge on any atom is -0.493 e. The third-order valence-corrected chi connectivity index (χ3v) is 7.39. The lowest BCUT2D eigenvalue weighted by molar-refractivity contribution is 0.162. The van der Waals surface area contributed by atoms with Gasteiger partial charge in [0.1, 0.15) is 12.4 Å². The van der Waals surface area contributed by atoms with Gasteiger partial charge in [0.05, 0.1) is 34.8 Å². The van der Waals surface area contributed by atoms with Crippen LogP contribution in [0.15, 0.2) is 29.3 Å². The first-order valence-corrected chi connectivity index (χ1v) is 10.9. The predicted octanol–water partition coefficient (Wildman–Crippen LogP) is 4.36. The number of nitrogens with two attached hydrogens (primary N) is 1. The normalized spacial score (nSPS) is 21.0. The van der Waals surface area contributed by atoms with E-state index in [-0.39, 0.29) is 29.9 Å². The summed E-state index contributed by atoms with van der Waals surface area (Å²) in [6.45, 7) is 8.62. The molecule has 31 heavy (non-hydrogen) atoms. The molecule has 1 aromatic carbocycles. The maximum atomic E-state index is 14.7. The molecule has 2 unspecified atom stereocenters. The van der Waals surface area contributed by atoms with Crippen LogP contribution in [0.4, 0.5) is 4.39 Å². The summed E-state index contributed by atoms with van der Waals surface area (Å²) in [7, 11) is 0. The lowest BCUT2D eigenvalue weighted by Gasteiger charge is -2.27. The number of nitrogens with zero attached hydrogens (tertiary/aromatic N) is 2. The molecule has 0 radical (unpaired) electrons. The van der Waals surface area contributed by atoms with Crippen molar-refractivity contribution in [1.82, 2.24) is 9.55 Å². The zero-order valence-electron chi connectivity index (χ0n) is 17.7. The van der Waals surface area contributed by atoms with Crippen molar-refractivity contribution in [3.8, 4) is 11.4 Å². The van der Waals surface area contributed by atoms with Gasteiger partial charge in [0.2, 0.25) is 0 Å². The Morgan fingerprint density at radius 3 is 2.90 bits per heavy atom. The zero-order chi connectivity index (χ0) is 21.6. The highest BCUT2D eigenvalue weighted by Gasteiger charge is 2.35. The lowest BCUT2D eigenvalue weighted by atomic mass is 9.82. The van der Waals surface area contributed by atoms with Crippen molar-refractivity contribution in [2.45, 2.75) is 58.2 Å². The number of hydrogen-bond acceptors (Lipinski definition) is 4. The molecule has 5 nitrogen and oxygen atoms in total. The molecule has 6 rings (SSSR count). The number of hydrogen-bond donors (Lipinski definition) is 1. The maximum absolute atomic E-state index is 14.7. The Kier molecular flexibility index (Phi) is 3.79. The Bertz CT molecular complexity index is 1390. The maximum Gasteiger partial charge on any atom is 0.258 e. The Balaban J connectivity index is 1.69. The molecule has 0 saturated carbocycles. The fraction of sp³-hybridized carbons (Fsp3) is 0.360. The van der Waals surface area contributed by atoms with Gasteiger partial charge in [-0.05, 0) is 54.5 Å². The highest BCUT2D eigenvalue weighted by molar-refractivity contribution is 5.92. The van der Waals surface area contributed by atoms with Crippen molar-refractivity contribution in [3.63, 3.8) is 0 Å². The first-order chi connectivity index (χ1) is 14.9. The second-order valence-corrected chi connectivity index (χ2v) is 8.92. The number of halogens is 1. The molecule has 3 aromatic rings. The van der Waals surface area contributed by atoms with E-state index in [1.165, 1.54) is 6.07 Å². The van der Waals surface area contributed by atoms with Gasteiger partial charge in [-0.15, -0.1) is 0 Å². The Morgan fingerprint density at radius 1 is 1.32 bits per heavy atom. The number of pyridine rings is 2. The monoisotopic (exact) mass is 417 g/mol. The molecular weight excluding hydrogens is 393 g/mol. The van der Waals surface area contributed by atoms with E-state index in [0.29, 0.717) is 28.9 Å². The minimum absolute atomic E-state index is 0.0147. The third-order valence-electron chi connectivity index (χ3n) is 7.39. The van der Waals surface area contributed by atoms with Gasteiger partial charge >= 0.3 is 0 Å². The molecule has 0 saturated heterocycles. The molecule has 158 valence electrons. The van der Waals surface area contributed by atoms with Crippen molar-refractivity contribution in [3.05, 3.63) is 74.0 Å². The molecular formula is C25H24FN3O2. The van der Waals surface area contributed by atoms with Gasteiger partial charge in [-0.3, -0.25) is 4.79 Å². The number of aromatic nitrogens is 2. The highest BCUT2D eigenvalue weighted by atomic mass is 19.1. The third kappa shape index (κ3) is 2.34. The summed E-state index contributed by atoms with van der Waals surface area (Å²) in [6, 6.07) is 3.43. The van der Waals surface area contributed by atoms with Crippen LogP contribution < -0.4 is 11.3 Å². The molecule has 0 amide bonds. The first kappa shape index (κ1) is 18.8. The van der Waals surface area contributed by atoms with Crippen LogP contribution in [-0.4, -0.2) is 9.55 Å². The molecule has 2 aromatic heterocycles. The van der Waals surface area contributed by atoms with Gasteiger partial charge < -0.3 is 15.0 Å². The van der Waals surface area contributed by atoms with E-state index in [1.54, 1.807) is 4.57 Å². The Hall–Kier alpha value is -2.99. The Morgan fingerprint density at radius 2 is 2.13 bits per heavy atom. The van der Waals surface area contributed by atoms with E-state index in [2.05, 4.69) is 19.6 Å². The van der Waals surface area contributed by atoms with Crippen molar-refractivity contribution in [1.29, 1.82) is 0 Å². The van der Waals surface area contributed by atoms with Gasteiger partial charge in [0, 0.05) is 29.0 Å². The highest BCUT2D eigenvalue weighted by Crippen LogP contribution is 2.45. The van der Waals surface area contributed by atoms with Crippen LogP contribution in [0.1, 0.15) is 65.1 Å². The molecule has 1 aliphatic carbocycles. The summed E-state index contributed by atoms with van der Waals surface area (Å²) in [5, 5.41) is 0.977. The predicted molar refractivity (Wildman–Crippen MR) is 117 cm³/mol. The molecule has 0 spiro atoms. The van der Waals surface area contributed by atoms with E-state index >= 15 is 0 Å². The lowest BCUT2D eigenvalue weighted by Crippen LogP contribution is -2.29. The summed E-state index contributed by atoms with van der Waals surface area (Å²) >= 11 is 0. The van der Waals surface area contributed by atoms with E-state index in [1.807, 2.05) is 6.92 Å². The van der Waals surface area contributed by atoms with Gasteiger partial charge in [-0.1, -0.05) is 13.5 Å². The van der Waals surface area contributed by atoms with Crippen LogP contribution in [0.25, 0.3) is 22.3 Å². The first-order valence-electron chi connectivity index (χ1n) is 10.9. The number of aryl methyl sites for hydroxylation is 1. The van der Waals surface area contributed by atoms with Crippen molar-refractivity contribution < 1.29 is 9.13 Å². The summed E-state index contributed by atoms with van der Waals surface area (Å²) in [4.78, 5) is 18.3. The Labute approximate surface area is 179 Å². The van der Waals surface area contributed by atoms with Crippen LogP contribution in [0.5, 0.6) is 0 Å². The molecule has 2 aliphatic heterocycles. The van der Waals surface area contributed by atoms with E-state index < -0.39 is 0 Å². The van der Waals surface area contributed by atoms with Gasteiger partial charge in [-0.2, -0.15) is 0 Å². The van der Waals surface area contributed by atoms with Crippen LogP contribution >= 0.6 is 0 Å². The number of allylic oxidation sites excluding steroid dienone is 1. The summed E-state index contributed by atoms with van der Waals surface area (Å²) in [5.41, 5.74) is 14.1. The summed E-state index contributed by atoms with van der Waals surface area (Å²) in [5.74, 6) is 0.444. The fourth-order valence-electron chi connectivity index (χ4n) is 5.74. The van der Waals surface area contributed by atoms with E-state index in [9.17, 15) is 9.18 Å². The van der Waals surface area contributed by atoms with Crippen LogP contribution in [0, 0.1) is 12.7 Å². The minimum atomic E-state index is -0.239. The second-order valence-electron chi connectivity index (χ2n) is 8.92.